The normalized spacial score (nSPS) is 10.3. The summed E-state index contributed by atoms with van der Waals surface area (Å²) >= 11 is 5.76. The van der Waals surface area contributed by atoms with Gasteiger partial charge in [0.2, 0.25) is 0 Å². The fourth-order valence-corrected chi connectivity index (χ4v) is 1.78. The minimum absolute atomic E-state index is 0.242. The zero-order valence-electron chi connectivity index (χ0n) is 11.1. The number of aryl methyl sites for hydroxylation is 2. The van der Waals surface area contributed by atoms with Crippen molar-refractivity contribution in [3.63, 3.8) is 0 Å². The molecule has 0 atom stereocenters. The molecule has 2 amide bonds. The van der Waals surface area contributed by atoms with Crippen molar-refractivity contribution in [3.05, 3.63) is 41.4 Å². The summed E-state index contributed by atoms with van der Waals surface area (Å²) in [5.74, 6) is 0. The molecular formula is C13H16ClN5O. The first-order chi connectivity index (χ1) is 9.63. The van der Waals surface area contributed by atoms with Crippen molar-refractivity contribution in [1.29, 1.82) is 0 Å². The molecule has 0 aromatic carbocycles. The Bertz CT molecular complexity index is 566. The third-order valence-corrected chi connectivity index (χ3v) is 2.82. The van der Waals surface area contributed by atoms with Crippen molar-refractivity contribution < 1.29 is 4.79 Å². The quantitative estimate of drug-likeness (QED) is 0.832. The molecule has 2 aromatic heterocycles. The number of nitrogens with one attached hydrogen (secondary N) is 2. The van der Waals surface area contributed by atoms with Gasteiger partial charge in [0, 0.05) is 25.0 Å². The molecule has 0 aliphatic rings. The molecule has 0 saturated heterocycles. The standard InChI is InChI=1S/C13H16ClN5O/c1-10-3-4-12(8-16-10)18-13(20)15-5-2-6-19-9-11(14)7-17-19/h3-4,7-9H,2,5-6H2,1H3,(H2,15,18,20). The van der Waals surface area contributed by atoms with E-state index < -0.39 is 0 Å². The topological polar surface area (TPSA) is 71.8 Å². The number of carbonyl (C=O) groups is 1. The molecule has 2 rings (SSSR count). The second kappa shape index (κ2) is 6.91. The summed E-state index contributed by atoms with van der Waals surface area (Å²) in [5, 5.41) is 10.2. The van der Waals surface area contributed by atoms with E-state index in [0.29, 0.717) is 23.8 Å². The number of hydrogen-bond donors (Lipinski definition) is 2. The Kier molecular flexibility index (Phi) is 4.95. The molecule has 0 aliphatic carbocycles. The summed E-state index contributed by atoms with van der Waals surface area (Å²) in [6.07, 6.45) is 5.74. The van der Waals surface area contributed by atoms with E-state index in [1.807, 2.05) is 19.1 Å². The van der Waals surface area contributed by atoms with Gasteiger partial charge < -0.3 is 10.6 Å². The molecule has 0 saturated carbocycles. The van der Waals surface area contributed by atoms with Gasteiger partial charge in [-0.1, -0.05) is 11.6 Å². The third-order valence-electron chi connectivity index (χ3n) is 2.62. The van der Waals surface area contributed by atoms with Gasteiger partial charge in [-0.05, 0) is 25.5 Å². The van der Waals surface area contributed by atoms with Crippen molar-refractivity contribution in [2.45, 2.75) is 19.9 Å². The van der Waals surface area contributed by atoms with Crippen LogP contribution in [0.15, 0.2) is 30.7 Å². The van der Waals surface area contributed by atoms with Gasteiger partial charge in [0.1, 0.15) is 0 Å². The monoisotopic (exact) mass is 293 g/mol. The zero-order valence-corrected chi connectivity index (χ0v) is 11.9. The van der Waals surface area contributed by atoms with Crippen LogP contribution in [0.4, 0.5) is 10.5 Å². The molecule has 0 fully saturated rings. The van der Waals surface area contributed by atoms with Gasteiger partial charge in [0.05, 0.1) is 23.1 Å². The predicted octanol–water partition coefficient (Wildman–Crippen LogP) is 2.45. The van der Waals surface area contributed by atoms with Crippen LogP contribution < -0.4 is 10.6 Å². The van der Waals surface area contributed by atoms with Crippen LogP contribution in [0.5, 0.6) is 0 Å². The number of carbonyl (C=O) groups excluding carboxylic acids is 1. The Morgan fingerprint density at radius 3 is 2.90 bits per heavy atom. The summed E-state index contributed by atoms with van der Waals surface area (Å²) in [5.41, 5.74) is 1.58. The summed E-state index contributed by atoms with van der Waals surface area (Å²) in [6, 6.07) is 3.42. The molecular weight excluding hydrogens is 278 g/mol. The van der Waals surface area contributed by atoms with Crippen LogP contribution in [-0.2, 0) is 6.54 Å². The van der Waals surface area contributed by atoms with Crippen LogP contribution in [0.1, 0.15) is 12.1 Å². The summed E-state index contributed by atoms with van der Waals surface area (Å²) in [6.45, 7) is 3.16. The fraction of sp³-hybridized carbons (Fsp3) is 0.308. The van der Waals surface area contributed by atoms with Gasteiger partial charge in [0.25, 0.3) is 0 Å². The first kappa shape index (κ1) is 14.3. The number of amides is 2. The SMILES string of the molecule is Cc1ccc(NC(=O)NCCCn2cc(Cl)cn2)cn1. The van der Waals surface area contributed by atoms with Crippen LogP contribution in [0.3, 0.4) is 0 Å². The molecule has 0 aliphatic heterocycles. The minimum Gasteiger partial charge on any atom is -0.338 e. The summed E-state index contributed by atoms with van der Waals surface area (Å²) < 4.78 is 1.74. The van der Waals surface area contributed by atoms with E-state index in [4.69, 9.17) is 11.6 Å². The van der Waals surface area contributed by atoms with Crippen LogP contribution in [-0.4, -0.2) is 27.3 Å². The molecule has 0 radical (unpaired) electrons. The van der Waals surface area contributed by atoms with E-state index in [2.05, 4.69) is 20.7 Å². The average molecular weight is 294 g/mol. The maximum Gasteiger partial charge on any atom is 0.319 e. The van der Waals surface area contributed by atoms with Crippen molar-refractivity contribution >= 4 is 23.3 Å². The average Bonchev–Trinajstić information content (AvgIpc) is 2.83. The van der Waals surface area contributed by atoms with E-state index in [9.17, 15) is 4.79 Å². The lowest BCUT2D eigenvalue weighted by Gasteiger charge is -2.07. The summed E-state index contributed by atoms with van der Waals surface area (Å²) in [4.78, 5) is 15.7. The molecule has 0 spiro atoms. The Hall–Kier alpha value is -2.08. The first-order valence-corrected chi connectivity index (χ1v) is 6.67. The number of anilines is 1. The second-order valence-electron chi connectivity index (χ2n) is 4.34. The van der Waals surface area contributed by atoms with E-state index >= 15 is 0 Å². The largest absolute Gasteiger partial charge is 0.338 e. The Morgan fingerprint density at radius 2 is 2.25 bits per heavy atom. The zero-order chi connectivity index (χ0) is 14.4. The molecule has 0 bridgehead atoms. The number of rotatable bonds is 5. The molecule has 106 valence electrons. The Labute approximate surface area is 122 Å². The lowest BCUT2D eigenvalue weighted by molar-refractivity contribution is 0.251. The van der Waals surface area contributed by atoms with Crippen molar-refractivity contribution in [2.24, 2.45) is 0 Å². The lowest BCUT2D eigenvalue weighted by Crippen LogP contribution is -2.30. The number of nitrogens with zero attached hydrogens (tertiary/aromatic N) is 3. The predicted molar refractivity (Wildman–Crippen MR) is 77.8 cm³/mol. The minimum atomic E-state index is -0.242. The van der Waals surface area contributed by atoms with Crippen LogP contribution in [0.25, 0.3) is 0 Å². The van der Waals surface area contributed by atoms with Gasteiger partial charge in [-0.2, -0.15) is 5.10 Å². The van der Waals surface area contributed by atoms with Gasteiger partial charge >= 0.3 is 6.03 Å². The lowest BCUT2D eigenvalue weighted by atomic mass is 10.3. The highest BCUT2D eigenvalue weighted by molar-refractivity contribution is 6.30. The van der Waals surface area contributed by atoms with E-state index in [1.54, 1.807) is 23.3 Å². The van der Waals surface area contributed by atoms with Crippen LogP contribution in [0, 0.1) is 6.92 Å². The van der Waals surface area contributed by atoms with E-state index in [0.717, 1.165) is 12.1 Å². The summed E-state index contributed by atoms with van der Waals surface area (Å²) in [7, 11) is 0. The number of hydrogen-bond acceptors (Lipinski definition) is 3. The molecule has 2 N–H and O–H groups in total. The highest BCUT2D eigenvalue weighted by Crippen LogP contribution is 2.05. The molecule has 0 unspecified atom stereocenters. The van der Waals surface area contributed by atoms with Gasteiger partial charge in [0.15, 0.2) is 0 Å². The van der Waals surface area contributed by atoms with Gasteiger partial charge in [-0.25, -0.2) is 4.79 Å². The number of pyridine rings is 1. The van der Waals surface area contributed by atoms with Crippen molar-refractivity contribution in [2.75, 3.05) is 11.9 Å². The number of urea groups is 1. The highest BCUT2D eigenvalue weighted by Gasteiger charge is 2.01. The van der Waals surface area contributed by atoms with Crippen molar-refractivity contribution in [1.82, 2.24) is 20.1 Å². The van der Waals surface area contributed by atoms with Crippen molar-refractivity contribution in [3.8, 4) is 0 Å². The molecule has 20 heavy (non-hydrogen) atoms. The first-order valence-electron chi connectivity index (χ1n) is 6.29. The smallest absolute Gasteiger partial charge is 0.319 e. The van der Waals surface area contributed by atoms with Crippen LogP contribution >= 0.6 is 11.6 Å². The third kappa shape index (κ3) is 4.55. The molecule has 2 heterocycles. The number of halogens is 1. The van der Waals surface area contributed by atoms with Gasteiger partial charge in [-0.3, -0.25) is 9.67 Å². The second-order valence-corrected chi connectivity index (χ2v) is 4.78. The maximum absolute atomic E-state index is 11.6. The Morgan fingerprint density at radius 1 is 1.40 bits per heavy atom. The Balaban J connectivity index is 1.66. The highest BCUT2D eigenvalue weighted by atomic mass is 35.5. The number of aromatic nitrogens is 3. The van der Waals surface area contributed by atoms with E-state index in [-0.39, 0.29) is 6.03 Å². The van der Waals surface area contributed by atoms with Gasteiger partial charge in [-0.15, -0.1) is 0 Å². The molecule has 2 aromatic rings. The molecule has 6 nitrogen and oxygen atoms in total. The van der Waals surface area contributed by atoms with Crippen LogP contribution in [0.2, 0.25) is 5.02 Å². The molecule has 7 heteroatoms. The fourth-order valence-electron chi connectivity index (χ4n) is 1.62. The maximum atomic E-state index is 11.6. The van der Waals surface area contributed by atoms with E-state index in [1.165, 1.54) is 0 Å².